The van der Waals surface area contributed by atoms with Crippen LogP contribution < -0.4 is 5.32 Å². The molecule has 1 aromatic heterocycles. The Hall–Kier alpha value is -1.47. The van der Waals surface area contributed by atoms with Crippen LogP contribution in [0.3, 0.4) is 0 Å². The van der Waals surface area contributed by atoms with Crippen LogP contribution in [0.5, 0.6) is 0 Å². The van der Waals surface area contributed by atoms with Crippen molar-refractivity contribution in [3.63, 3.8) is 0 Å². The second-order valence-electron chi connectivity index (χ2n) is 7.58. The minimum absolute atomic E-state index is 0.0137. The predicted molar refractivity (Wildman–Crippen MR) is 88.2 cm³/mol. The largest absolute Gasteiger partial charge is 0.384 e. The highest BCUT2D eigenvalue weighted by Crippen LogP contribution is 2.30. The minimum Gasteiger partial charge on any atom is -0.384 e. The van der Waals surface area contributed by atoms with Gasteiger partial charge in [0.1, 0.15) is 11.3 Å². The number of aromatic nitrogens is 3. The summed E-state index contributed by atoms with van der Waals surface area (Å²) in [7, 11) is 0. The first kappa shape index (κ1) is 17.4. The Bertz CT molecular complexity index is 581. The Balaban J connectivity index is 1.71. The zero-order valence-corrected chi connectivity index (χ0v) is 14.7. The van der Waals surface area contributed by atoms with Crippen molar-refractivity contribution >= 4 is 5.91 Å². The molecule has 1 aliphatic carbocycles. The fourth-order valence-corrected chi connectivity index (χ4v) is 3.68. The molecule has 1 saturated carbocycles. The number of carbonyl (C=O) groups is 1. The van der Waals surface area contributed by atoms with Crippen LogP contribution in [0.1, 0.15) is 64.6 Å². The molecule has 0 spiro atoms. The van der Waals surface area contributed by atoms with Crippen LogP contribution in [0.15, 0.2) is 6.20 Å². The highest BCUT2D eigenvalue weighted by Gasteiger charge is 2.35. The van der Waals surface area contributed by atoms with Crippen LogP contribution in [-0.2, 0) is 15.1 Å². The molecule has 134 valence electrons. The van der Waals surface area contributed by atoms with Gasteiger partial charge in [-0.15, -0.1) is 5.10 Å². The lowest BCUT2D eigenvalue weighted by Crippen LogP contribution is -2.46. The molecule has 7 heteroatoms. The van der Waals surface area contributed by atoms with Gasteiger partial charge in [-0.2, -0.15) is 0 Å². The molecule has 0 unspecified atom stereocenters. The van der Waals surface area contributed by atoms with Crippen molar-refractivity contribution in [2.75, 3.05) is 6.61 Å². The van der Waals surface area contributed by atoms with Crippen molar-refractivity contribution in [2.24, 2.45) is 5.92 Å². The average Bonchev–Trinajstić information content (AvgIpc) is 3.16. The normalized spacial score (nSPS) is 31.2. The van der Waals surface area contributed by atoms with E-state index in [1.54, 1.807) is 20.0 Å². The monoisotopic (exact) mass is 336 g/mol. The summed E-state index contributed by atoms with van der Waals surface area (Å²) in [5.41, 5.74) is -0.460. The third-order valence-corrected chi connectivity index (χ3v) is 5.25. The molecule has 2 aliphatic rings. The van der Waals surface area contributed by atoms with Gasteiger partial charge in [0.05, 0.1) is 30.3 Å². The molecule has 7 nitrogen and oxygen atoms in total. The van der Waals surface area contributed by atoms with Crippen molar-refractivity contribution in [1.29, 1.82) is 0 Å². The van der Waals surface area contributed by atoms with E-state index in [-0.39, 0.29) is 30.0 Å². The lowest BCUT2D eigenvalue weighted by Gasteiger charge is -2.33. The number of hydrogen-bond acceptors (Lipinski definition) is 5. The number of hydrogen-bond donors (Lipinski definition) is 2. The van der Waals surface area contributed by atoms with E-state index in [9.17, 15) is 9.90 Å². The van der Waals surface area contributed by atoms with Gasteiger partial charge in [0, 0.05) is 6.61 Å². The summed E-state index contributed by atoms with van der Waals surface area (Å²) in [6.45, 7) is 6.01. The third kappa shape index (κ3) is 3.62. The van der Waals surface area contributed by atoms with Gasteiger partial charge in [0.15, 0.2) is 0 Å². The summed E-state index contributed by atoms with van der Waals surface area (Å²) in [5.74, 6) is 0.0231. The van der Waals surface area contributed by atoms with Gasteiger partial charge in [0.2, 0.25) is 5.91 Å². The molecular weight excluding hydrogens is 308 g/mol. The molecule has 4 atom stereocenters. The Labute approximate surface area is 142 Å². The van der Waals surface area contributed by atoms with Gasteiger partial charge in [-0.05, 0) is 40.0 Å². The van der Waals surface area contributed by atoms with E-state index in [0.29, 0.717) is 12.3 Å². The lowest BCUT2D eigenvalue weighted by atomic mass is 9.89. The highest BCUT2D eigenvalue weighted by atomic mass is 16.5. The maximum atomic E-state index is 12.6. The first-order chi connectivity index (χ1) is 11.4. The van der Waals surface area contributed by atoms with Crippen molar-refractivity contribution in [3.8, 4) is 0 Å². The van der Waals surface area contributed by atoms with Crippen LogP contribution in [0, 0.1) is 5.92 Å². The van der Waals surface area contributed by atoms with Crippen LogP contribution in [0.4, 0.5) is 0 Å². The maximum absolute atomic E-state index is 12.6. The van der Waals surface area contributed by atoms with Gasteiger partial charge in [-0.1, -0.05) is 18.1 Å². The molecule has 0 aromatic carbocycles. The molecule has 1 aliphatic heterocycles. The summed E-state index contributed by atoms with van der Waals surface area (Å²) in [6, 6.07) is 0.138. The zero-order valence-electron chi connectivity index (χ0n) is 14.7. The Morgan fingerprint density at radius 2 is 2.12 bits per heavy atom. The molecular formula is C17H28N4O3. The second-order valence-corrected chi connectivity index (χ2v) is 7.58. The van der Waals surface area contributed by atoms with Crippen molar-refractivity contribution in [3.05, 3.63) is 11.9 Å². The van der Waals surface area contributed by atoms with Gasteiger partial charge < -0.3 is 15.2 Å². The van der Waals surface area contributed by atoms with E-state index >= 15 is 0 Å². The van der Waals surface area contributed by atoms with Gasteiger partial charge >= 0.3 is 0 Å². The van der Waals surface area contributed by atoms with Gasteiger partial charge in [-0.3, -0.25) is 4.79 Å². The standard InChI is InChI=1S/C17H28N4O3/c1-11-12(8-9-24-11)16(22)18-13-6-4-5-7-14(13)21-10-15(19-20-21)17(2,3)23/h10-14,23H,4-9H2,1-3H3,(H,18,22)/t11-,12+,13+,14-/m1/s1. The van der Waals surface area contributed by atoms with E-state index < -0.39 is 5.60 Å². The van der Waals surface area contributed by atoms with Crippen LogP contribution in [0.2, 0.25) is 0 Å². The molecule has 1 aromatic rings. The van der Waals surface area contributed by atoms with Crippen LogP contribution in [0.25, 0.3) is 0 Å². The third-order valence-electron chi connectivity index (χ3n) is 5.25. The molecule has 0 radical (unpaired) electrons. The van der Waals surface area contributed by atoms with Crippen LogP contribution in [-0.4, -0.2) is 44.8 Å². The molecule has 0 bridgehead atoms. The highest BCUT2D eigenvalue weighted by molar-refractivity contribution is 5.79. The summed E-state index contributed by atoms with van der Waals surface area (Å²) >= 11 is 0. The fraction of sp³-hybridized carbons (Fsp3) is 0.824. The molecule has 1 saturated heterocycles. The van der Waals surface area contributed by atoms with Crippen molar-refractivity contribution < 1.29 is 14.6 Å². The fourth-order valence-electron chi connectivity index (χ4n) is 3.68. The smallest absolute Gasteiger partial charge is 0.226 e. The molecule has 2 fully saturated rings. The quantitative estimate of drug-likeness (QED) is 0.870. The molecule has 2 N–H and O–H groups in total. The van der Waals surface area contributed by atoms with Gasteiger partial charge in [0.25, 0.3) is 0 Å². The predicted octanol–water partition coefficient (Wildman–Crippen LogP) is 1.53. The number of nitrogens with zero attached hydrogens (tertiary/aromatic N) is 3. The summed E-state index contributed by atoms with van der Waals surface area (Å²) in [5, 5.41) is 21.6. The molecule has 1 amide bonds. The number of ether oxygens (including phenoxy) is 1. The summed E-state index contributed by atoms with van der Waals surface area (Å²) in [6.07, 6.45) is 6.68. The summed E-state index contributed by atoms with van der Waals surface area (Å²) in [4.78, 5) is 12.6. The summed E-state index contributed by atoms with van der Waals surface area (Å²) < 4.78 is 7.32. The number of nitrogens with one attached hydrogen (secondary N) is 1. The van der Waals surface area contributed by atoms with Gasteiger partial charge in [-0.25, -0.2) is 4.68 Å². The zero-order chi connectivity index (χ0) is 17.3. The van der Waals surface area contributed by atoms with Crippen molar-refractivity contribution in [2.45, 2.75) is 76.7 Å². The first-order valence-electron chi connectivity index (χ1n) is 8.93. The van der Waals surface area contributed by atoms with E-state index in [0.717, 1.165) is 32.1 Å². The number of rotatable bonds is 4. The SMILES string of the molecule is C[C@H]1OCC[C@@H]1C(=O)N[C@H]1CCCC[C@H]1n1cc(C(C)(C)O)nn1. The average molecular weight is 336 g/mol. The van der Waals surface area contributed by atoms with Crippen molar-refractivity contribution in [1.82, 2.24) is 20.3 Å². The Morgan fingerprint density at radius 1 is 1.38 bits per heavy atom. The van der Waals surface area contributed by atoms with E-state index in [1.165, 1.54) is 0 Å². The first-order valence-corrected chi connectivity index (χ1v) is 8.93. The number of carbonyl (C=O) groups excluding carboxylic acids is 1. The molecule has 3 rings (SSSR count). The van der Waals surface area contributed by atoms with E-state index in [2.05, 4.69) is 15.6 Å². The molecule has 2 heterocycles. The van der Waals surface area contributed by atoms with E-state index in [1.807, 2.05) is 11.6 Å². The molecule has 24 heavy (non-hydrogen) atoms. The van der Waals surface area contributed by atoms with Crippen LogP contribution >= 0.6 is 0 Å². The Kier molecular flexibility index (Phi) is 4.92. The minimum atomic E-state index is -1.01. The van der Waals surface area contributed by atoms with E-state index in [4.69, 9.17) is 4.74 Å². The number of aliphatic hydroxyl groups is 1. The second kappa shape index (κ2) is 6.80. The maximum Gasteiger partial charge on any atom is 0.226 e. The number of amides is 1. The lowest BCUT2D eigenvalue weighted by molar-refractivity contribution is -0.127. The Morgan fingerprint density at radius 3 is 2.75 bits per heavy atom. The topological polar surface area (TPSA) is 89.3 Å².